The van der Waals surface area contributed by atoms with E-state index in [1.165, 1.54) is 12.1 Å². The van der Waals surface area contributed by atoms with E-state index in [0.29, 0.717) is 5.56 Å². The molecule has 1 aromatic carbocycles. The van der Waals surface area contributed by atoms with Gasteiger partial charge in [-0.05, 0) is 17.7 Å². The Morgan fingerprint density at radius 3 is 2.39 bits per heavy atom. The van der Waals surface area contributed by atoms with Crippen LogP contribution in [0.25, 0.3) is 11.1 Å². The molecule has 2 N–H and O–H groups in total. The fourth-order valence-corrected chi connectivity index (χ4v) is 1.49. The summed E-state index contributed by atoms with van der Waals surface area (Å²) in [4.78, 5) is 13.1. The predicted octanol–water partition coefficient (Wildman–Crippen LogP) is 2.21. The number of nitro groups is 1. The number of aromatic nitrogens is 1. The maximum atomic E-state index is 12.7. The van der Waals surface area contributed by atoms with Crippen LogP contribution in [0.5, 0.6) is 11.6 Å². The molecule has 0 aliphatic rings. The molecule has 0 spiro atoms. The first kappa shape index (κ1) is 11.8. The molecule has 7 heteroatoms. The minimum Gasteiger partial charge on any atom is -0.501 e. The van der Waals surface area contributed by atoms with Gasteiger partial charge in [-0.15, -0.1) is 0 Å². The van der Waals surface area contributed by atoms with E-state index >= 15 is 0 Å². The smallest absolute Gasteiger partial charge is 0.372 e. The standard InChI is InChI=1S/C11H7FN2O4/c12-7-3-1-6(2-4-7)8-5-13-11(16)9(10(8)15)14(17)18/h1-5H,(H2,13,15,16). The van der Waals surface area contributed by atoms with E-state index in [1.54, 1.807) is 0 Å². The summed E-state index contributed by atoms with van der Waals surface area (Å²) in [6.07, 6.45) is 1.07. The van der Waals surface area contributed by atoms with E-state index in [2.05, 4.69) is 4.98 Å². The van der Waals surface area contributed by atoms with Gasteiger partial charge in [0.25, 0.3) is 5.88 Å². The average Bonchev–Trinajstić information content (AvgIpc) is 2.30. The van der Waals surface area contributed by atoms with Crippen LogP contribution in [0.2, 0.25) is 0 Å². The lowest BCUT2D eigenvalue weighted by molar-refractivity contribution is -0.387. The molecular weight excluding hydrogens is 243 g/mol. The van der Waals surface area contributed by atoms with Gasteiger partial charge in [0.05, 0.1) is 4.92 Å². The second-order valence-electron chi connectivity index (χ2n) is 3.46. The highest BCUT2D eigenvalue weighted by molar-refractivity contribution is 5.75. The monoisotopic (exact) mass is 250 g/mol. The lowest BCUT2D eigenvalue weighted by atomic mass is 10.1. The number of nitrogens with zero attached hydrogens (tertiary/aromatic N) is 2. The van der Waals surface area contributed by atoms with Crippen LogP contribution in [0.3, 0.4) is 0 Å². The van der Waals surface area contributed by atoms with Crippen LogP contribution < -0.4 is 0 Å². The Labute approximate surface area is 100 Å². The molecule has 0 atom stereocenters. The van der Waals surface area contributed by atoms with Crippen LogP contribution in [-0.2, 0) is 0 Å². The van der Waals surface area contributed by atoms with Crippen LogP contribution in [0.1, 0.15) is 0 Å². The Hall–Kier alpha value is -2.70. The van der Waals surface area contributed by atoms with Gasteiger partial charge in [0.1, 0.15) is 5.82 Å². The van der Waals surface area contributed by atoms with Crippen molar-refractivity contribution in [2.45, 2.75) is 0 Å². The van der Waals surface area contributed by atoms with Crippen LogP contribution in [0, 0.1) is 15.9 Å². The van der Waals surface area contributed by atoms with Gasteiger partial charge in [-0.3, -0.25) is 10.1 Å². The summed E-state index contributed by atoms with van der Waals surface area (Å²) >= 11 is 0. The maximum Gasteiger partial charge on any atom is 0.372 e. The first-order valence-electron chi connectivity index (χ1n) is 4.82. The zero-order valence-electron chi connectivity index (χ0n) is 8.87. The molecule has 1 aromatic heterocycles. The number of aromatic hydroxyl groups is 2. The van der Waals surface area contributed by atoms with E-state index in [0.717, 1.165) is 18.3 Å². The summed E-state index contributed by atoms with van der Waals surface area (Å²) in [7, 11) is 0. The van der Waals surface area contributed by atoms with Gasteiger partial charge >= 0.3 is 5.69 Å². The van der Waals surface area contributed by atoms with E-state index in [4.69, 9.17) is 0 Å². The molecule has 18 heavy (non-hydrogen) atoms. The molecule has 0 aliphatic carbocycles. The maximum absolute atomic E-state index is 12.7. The van der Waals surface area contributed by atoms with Crippen molar-refractivity contribution in [3.63, 3.8) is 0 Å². The first-order chi connectivity index (χ1) is 8.50. The van der Waals surface area contributed by atoms with Crippen LogP contribution in [-0.4, -0.2) is 20.1 Å². The molecule has 0 bridgehead atoms. The molecule has 6 nitrogen and oxygen atoms in total. The average molecular weight is 250 g/mol. The second kappa shape index (κ2) is 4.28. The number of halogens is 1. The highest BCUT2D eigenvalue weighted by Gasteiger charge is 2.24. The summed E-state index contributed by atoms with van der Waals surface area (Å²) in [6, 6.07) is 4.97. The van der Waals surface area contributed by atoms with Crippen molar-refractivity contribution in [2.24, 2.45) is 0 Å². The Morgan fingerprint density at radius 1 is 1.22 bits per heavy atom. The highest BCUT2D eigenvalue weighted by atomic mass is 19.1. The van der Waals surface area contributed by atoms with E-state index in [1.807, 2.05) is 0 Å². The molecule has 0 saturated carbocycles. The van der Waals surface area contributed by atoms with E-state index < -0.39 is 28.1 Å². The molecule has 0 amide bonds. The lowest BCUT2D eigenvalue weighted by Gasteiger charge is -2.05. The lowest BCUT2D eigenvalue weighted by Crippen LogP contribution is -1.93. The number of benzene rings is 1. The van der Waals surface area contributed by atoms with Crippen molar-refractivity contribution in [1.82, 2.24) is 4.98 Å². The Bertz CT molecular complexity index is 613. The zero-order valence-corrected chi connectivity index (χ0v) is 8.87. The molecule has 1 heterocycles. The fourth-order valence-electron chi connectivity index (χ4n) is 1.49. The Kier molecular flexibility index (Phi) is 2.80. The molecule has 0 saturated heterocycles. The third kappa shape index (κ3) is 1.93. The first-order valence-corrected chi connectivity index (χ1v) is 4.82. The summed E-state index contributed by atoms with van der Waals surface area (Å²) in [6.45, 7) is 0. The predicted molar refractivity (Wildman–Crippen MR) is 59.6 cm³/mol. The molecule has 0 radical (unpaired) electrons. The third-order valence-corrected chi connectivity index (χ3v) is 2.34. The van der Waals surface area contributed by atoms with Gasteiger partial charge in [-0.1, -0.05) is 12.1 Å². The van der Waals surface area contributed by atoms with Gasteiger partial charge < -0.3 is 10.2 Å². The topological polar surface area (TPSA) is 96.5 Å². The van der Waals surface area contributed by atoms with Gasteiger partial charge in [0.2, 0.25) is 5.75 Å². The molecule has 0 aliphatic heterocycles. The summed E-state index contributed by atoms with van der Waals surface area (Å²) in [5, 5.41) is 29.6. The van der Waals surface area contributed by atoms with E-state index in [-0.39, 0.29) is 5.56 Å². The van der Waals surface area contributed by atoms with Crippen molar-refractivity contribution >= 4 is 5.69 Å². The van der Waals surface area contributed by atoms with Crippen LogP contribution in [0.15, 0.2) is 30.5 Å². The molecule has 2 aromatic rings. The molecule has 0 unspecified atom stereocenters. The van der Waals surface area contributed by atoms with Crippen LogP contribution >= 0.6 is 0 Å². The molecular formula is C11H7FN2O4. The molecule has 0 fully saturated rings. The van der Waals surface area contributed by atoms with Crippen molar-refractivity contribution in [3.8, 4) is 22.8 Å². The van der Waals surface area contributed by atoms with Gasteiger partial charge in [-0.2, -0.15) is 0 Å². The van der Waals surface area contributed by atoms with Crippen LogP contribution in [0.4, 0.5) is 10.1 Å². The van der Waals surface area contributed by atoms with Gasteiger partial charge in [-0.25, -0.2) is 9.37 Å². The number of pyridine rings is 1. The van der Waals surface area contributed by atoms with Gasteiger partial charge in [0.15, 0.2) is 0 Å². The highest BCUT2D eigenvalue weighted by Crippen LogP contribution is 2.40. The second-order valence-corrected chi connectivity index (χ2v) is 3.46. The van der Waals surface area contributed by atoms with E-state index in [9.17, 15) is 24.7 Å². The Balaban J connectivity index is 2.62. The number of rotatable bonds is 2. The number of hydrogen-bond donors (Lipinski definition) is 2. The largest absolute Gasteiger partial charge is 0.501 e. The minimum atomic E-state index is -0.940. The molecule has 2 rings (SSSR count). The Morgan fingerprint density at radius 2 is 1.83 bits per heavy atom. The zero-order chi connectivity index (χ0) is 13.3. The third-order valence-electron chi connectivity index (χ3n) is 2.34. The minimum absolute atomic E-state index is 0.0412. The normalized spacial score (nSPS) is 10.3. The summed E-state index contributed by atoms with van der Waals surface area (Å²) in [5.41, 5.74) is -0.485. The van der Waals surface area contributed by atoms with Crippen molar-refractivity contribution < 1.29 is 19.5 Å². The quantitative estimate of drug-likeness (QED) is 0.629. The fraction of sp³-hybridized carbons (Fsp3) is 0. The number of hydrogen-bond acceptors (Lipinski definition) is 5. The summed E-state index contributed by atoms with van der Waals surface area (Å²) < 4.78 is 12.7. The van der Waals surface area contributed by atoms with Crippen molar-refractivity contribution in [1.29, 1.82) is 0 Å². The van der Waals surface area contributed by atoms with Gasteiger partial charge in [0, 0.05) is 11.8 Å². The summed E-state index contributed by atoms with van der Waals surface area (Å²) in [5.74, 6) is -2.05. The van der Waals surface area contributed by atoms with Crippen molar-refractivity contribution in [2.75, 3.05) is 0 Å². The van der Waals surface area contributed by atoms with Crippen molar-refractivity contribution in [3.05, 3.63) is 46.4 Å². The SMILES string of the molecule is O=[N+]([O-])c1c(O)ncc(-c2ccc(F)cc2)c1O. The molecule has 92 valence electrons.